The quantitative estimate of drug-likeness (QED) is 0.798. The van der Waals surface area contributed by atoms with Gasteiger partial charge >= 0.3 is 0 Å². The average molecular weight is 261 g/mol. The first-order chi connectivity index (χ1) is 9.33. The Kier molecular flexibility index (Phi) is 3.38. The van der Waals surface area contributed by atoms with Crippen molar-refractivity contribution in [2.45, 2.75) is 70.3 Å². The minimum Gasteiger partial charge on any atom is -0.317 e. The summed E-state index contributed by atoms with van der Waals surface area (Å²) in [7, 11) is 2.22. The molecule has 0 spiro atoms. The van der Waals surface area contributed by atoms with Gasteiger partial charge in [-0.15, -0.1) is 0 Å². The monoisotopic (exact) mass is 261 g/mol. The Bertz CT molecular complexity index is 290. The van der Waals surface area contributed by atoms with Crippen molar-refractivity contribution in [2.24, 2.45) is 35.5 Å². The van der Waals surface area contributed by atoms with Crippen molar-refractivity contribution in [2.75, 3.05) is 7.05 Å². The molecule has 5 rings (SSSR count). The molecule has 5 fully saturated rings. The van der Waals surface area contributed by atoms with Crippen molar-refractivity contribution in [1.29, 1.82) is 0 Å². The summed E-state index contributed by atoms with van der Waals surface area (Å²) < 4.78 is 0. The van der Waals surface area contributed by atoms with Gasteiger partial charge in [0.2, 0.25) is 0 Å². The zero-order valence-corrected chi connectivity index (χ0v) is 12.6. The molecule has 0 aliphatic heterocycles. The molecule has 1 heteroatoms. The molecule has 19 heavy (non-hydrogen) atoms. The van der Waals surface area contributed by atoms with Crippen LogP contribution in [0.5, 0.6) is 0 Å². The number of rotatable bonds is 4. The fourth-order valence-electron chi connectivity index (χ4n) is 6.62. The maximum Gasteiger partial charge on any atom is 0.00951 e. The van der Waals surface area contributed by atoms with Gasteiger partial charge in [0.25, 0.3) is 0 Å². The summed E-state index contributed by atoms with van der Waals surface area (Å²) in [4.78, 5) is 0. The van der Waals surface area contributed by atoms with Crippen LogP contribution in [0.4, 0.5) is 0 Å². The van der Waals surface area contributed by atoms with Crippen LogP contribution in [0.15, 0.2) is 0 Å². The smallest absolute Gasteiger partial charge is 0.00951 e. The van der Waals surface area contributed by atoms with Crippen LogP contribution in [0.3, 0.4) is 0 Å². The van der Waals surface area contributed by atoms with E-state index in [9.17, 15) is 0 Å². The van der Waals surface area contributed by atoms with Gasteiger partial charge in [0, 0.05) is 6.04 Å². The van der Waals surface area contributed by atoms with Crippen LogP contribution in [0.1, 0.15) is 64.2 Å². The topological polar surface area (TPSA) is 12.0 Å². The molecule has 0 aromatic heterocycles. The van der Waals surface area contributed by atoms with E-state index in [0.717, 1.165) is 41.5 Å². The second kappa shape index (κ2) is 5.06. The van der Waals surface area contributed by atoms with E-state index in [0.29, 0.717) is 0 Å². The van der Waals surface area contributed by atoms with Gasteiger partial charge in [-0.25, -0.2) is 0 Å². The van der Waals surface area contributed by atoms with Gasteiger partial charge in [0.15, 0.2) is 0 Å². The first-order valence-electron chi connectivity index (χ1n) is 9.00. The van der Waals surface area contributed by atoms with Gasteiger partial charge in [0.1, 0.15) is 0 Å². The predicted octanol–water partition coefficient (Wildman–Crippen LogP) is 4.23. The normalized spacial score (nSPS) is 46.9. The van der Waals surface area contributed by atoms with E-state index in [1.165, 1.54) is 32.1 Å². The zero-order valence-electron chi connectivity index (χ0n) is 12.6. The van der Waals surface area contributed by atoms with Crippen molar-refractivity contribution in [3.8, 4) is 0 Å². The molecular formula is C18H31N. The molecule has 4 bridgehead atoms. The summed E-state index contributed by atoms with van der Waals surface area (Å²) in [6, 6.07) is 0.838. The van der Waals surface area contributed by atoms with E-state index in [-0.39, 0.29) is 0 Å². The number of hydrogen-bond acceptors (Lipinski definition) is 1. The molecule has 1 N–H and O–H groups in total. The minimum absolute atomic E-state index is 0.838. The summed E-state index contributed by atoms with van der Waals surface area (Å²) in [5, 5.41) is 3.70. The average Bonchev–Trinajstić information content (AvgIpc) is 2.91. The molecule has 1 unspecified atom stereocenters. The van der Waals surface area contributed by atoms with Crippen LogP contribution < -0.4 is 5.32 Å². The van der Waals surface area contributed by atoms with Crippen LogP contribution in [0.25, 0.3) is 0 Å². The number of nitrogens with one attached hydrogen (secondary N) is 1. The summed E-state index contributed by atoms with van der Waals surface area (Å²) in [5.74, 6) is 6.60. The van der Waals surface area contributed by atoms with Crippen molar-refractivity contribution in [3.05, 3.63) is 0 Å². The van der Waals surface area contributed by atoms with E-state index in [2.05, 4.69) is 12.4 Å². The largest absolute Gasteiger partial charge is 0.317 e. The molecule has 0 aromatic carbocycles. The molecule has 5 aliphatic carbocycles. The Balaban J connectivity index is 1.44. The van der Waals surface area contributed by atoms with Crippen molar-refractivity contribution < 1.29 is 0 Å². The van der Waals surface area contributed by atoms with Crippen molar-refractivity contribution >= 4 is 0 Å². The highest BCUT2D eigenvalue weighted by Gasteiger charge is 2.48. The molecule has 5 aliphatic rings. The second-order valence-corrected chi connectivity index (χ2v) is 8.27. The third-order valence-corrected chi connectivity index (χ3v) is 7.29. The summed E-state index contributed by atoms with van der Waals surface area (Å²) in [5.41, 5.74) is 0. The Morgan fingerprint density at radius 1 is 0.895 bits per heavy atom. The molecule has 0 saturated heterocycles. The highest BCUT2D eigenvalue weighted by Crippen LogP contribution is 2.57. The van der Waals surface area contributed by atoms with Gasteiger partial charge in [-0.1, -0.05) is 12.8 Å². The first kappa shape index (κ1) is 12.7. The molecule has 0 aromatic rings. The third kappa shape index (κ3) is 2.26. The van der Waals surface area contributed by atoms with E-state index >= 15 is 0 Å². The lowest BCUT2D eigenvalue weighted by Crippen LogP contribution is -2.48. The van der Waals surface area contributed by atoms with Crippen LogP contribution in [-0.2, 0) is 0 Å². The van der Waals surface area contributed by atoms with Crippen LogP contribution in [-0.4, -0.2) is 13.1 Å². The Morgan fingerprint density at radius 2 is 1.47 bits per heavy atom. The Labute approximate surface area is 118 Å². The van der Waals surface area contributed by atoms with Crippen LogP contribution in [0, 0.1) is 35.5 Å². The van der Waals surface area contributed by atoms with Gasteiger partial charge < -0.3 is 5.32 Å². The minimum atomic E-state index is 0.838. The summed E-state index contributed by atoms with van der Waals surface area (Å²) in [6.45, 7) is 0. The SMILES string of the molecule is CNC(CC1C2CC3CC(C2)CC1C3)C1CCCC1. The molecule has 0 heterocycles. The summed E-state index contributed by atoms with van der Waals surface area (Å²) in [6.07, 6.45) is 15.5. The molecular weight excluding hydrogens is 230 g/mol. The highest BCUT2D eigenvalue weighted by molar-refractivity contribution is 4.99. The predicted molar refractivity (Wildman–Crippen MR) is 80.0 cm³/mol. The Hall–Kier alpha value is -0.0400. The van der Waals surface area contributed by atoms with Crippen LogP contribution >= 0.6 is 0 Å². The fraction of sp³-hybridized carbons (Fsp3) is 1.00. The molecule has 1 nitrogen and oxygen atoms in total. The van der Waals surface area contributed by atoms with Crippen LogP contribution in [0.2, 0.25) is 0 Å². The van der Waals surface area contributed by atoms with E-state index in [1.807, 2.05) is 0 Å². The fourth-order valence-corrected chi connectivity index (χ4v) is 6.62. The number of hydrogen-bond donors (Lipinski definition) is 1. The van der Waals surface area contributed by atoms with Gasteiger partial charge in [0.05, 0.1) is 0 Å². The van der Waals surface area contributed by atoms with Gasteiger partial charge in [-0.3, -0.25) is 0 Å². The lowest BCUT2D eigenvalue weighted by Gasteiger charge is -2.55. The summed E-state index contributed by atoms with van der Waals surface area (Å²) >= 11 is 0. The van der Waals surface area contributed by atoms with E-state index in [1.54, 1.807) is 32.1 Å². The lowest BCUT2D eigenvalue weighted by molar-refractivity contribution is -0.0451. The Morgan fingerprint density at radius 3 is 2.00 bits per heavy atom. The molecule has 5 saturated carbocycles. The van der Waals surface area contributed by atoms with E-state index < -0.39 is 0 Å². The van der Waals surface area contributed by atoms with Crippen molar-refractivity contribution in [3.63, 3.8) is 0 Å². The standard InChI is InChI=1S/C18H31N/c1-19-18(14-4-2-3-5-14)11-17-15-7-12-6-13(9-15)10-16(17)8-12/h12-19H,2-11H2,1H3. The zero-order chi connectivity index (χ0) is 12.8. The second-order valence-electron chi connectivity index (χ2n) is 8.27. The van der Waals surface area contributed by atoms with Gasteiger partial charge in [-0.2, -0.15) is 0 Å². The highest BCUT2D eigenvalue weighted by atomic mass is 14.9. The van der Waals surface area contributed by atoms with Crippen molar-refractivity contribution in [1.82, 2.24) is 5.32 Å². The first-order valence-corrected chi connectivity index (χ1v) is 9.00. The van der Waals surface area contributed by atoms with Gasteiger partial charge in [-0.05, 0) is 93.9 Å². The third-order valence-electron chi connectivity index (χ3n) is 7.29. The molecule has 0 amide bonds. The molecule has 1 atom stereocenters. The maximum absolute atomic E-state index is 3.70. The molecule has 0 radical (unpaired) electrons. The molecule has 108 valence electrons. The van der Waals surface area contributed by atoms with E-state index in [4.69, 9.17) is 0 Å². The lowest BCUT2D eigenvalue weighted by atomic mass is 9.51. The maximum atomic E-state index is 3.70.